The number of methoxy groups -OCH3 is 1. The third-order valence-corrected chi connectivity index (χ3v) is 17.8. The van der Waals surface area contributed by atoms with E-state index in [1.165, 1.54) is 0 Å². The Morgan fingerprint density at radius 2 is 1.31 bits per heavy atom. The summed E-state index contributed by atoms with van der Waals surface area (Å²) in [4.78, 5) is 30.8. The van der Waals surface area contributed by atoms with E-state index in [1.807, 2.05) is 66.7 Å². The van der Waals surface area contributed by atoms with Crippen molar-refractivity contribution in [2.75, 3.05) is 13.7 Å². The van der Waals surface area contributed by atoms with Gasteiger partial charge in [0, 0.05) is 52.7 Å². The molecule has 326 valence electrons. The molecule has 8 aromatic rings. The molecule has 2 aliphatic rings. The number of fused-ring (bicyclic) bond motifs is 10. The first-order valence-electron chi connectivity index (χ1n) is 21.0. The first-order chi connectivity index (χ1) is 30.8. The van der Waals surface area contributed by atoms with Crippen molar-refractivity contribution in [2.45, 2.75) is 63.4 Å². The van der Waals surface area contributed by atoms with E-state index in [1.54, 1.807) is 11.7 Å². The summed E-state index contributed by atoms with van der Waals surface area (Å²) >= 11 is 0. The van der Waals surface area contributed by atoms with E-state index in [9.17, 15) is 14.0 Å². The Morgan fingerprint density at radius 3 is 1.92 bits per heavy atom. The monoisotopic (exact) mass is 885 g/mol. The highest BCUT2D eigenvalue weighted by molar-refractivity contribution is 6.99. The predicted octanol–water partition coefficient (Wildman–Crippen LogP) is 9.33. The second-order valence-corrected chi connectivity index (χ2v) is 21.8. The summed E-state index contributed by atoms with van der Waals surface area (Å²) in [6, 6.07) is 33.7. The molecule has 0 unspecified atom stereocenters. The number of H-pyrrole nitrogens is 1. The number of halogens is 4. The molecule has 0 radical (unpaired) electrons. The van der Waals surface area contributed by atoms with E-state index in [2.05, 4.69) is 55.3 Å². The van der Waals surface area contributed by atoms with Crippen molar-refractivity contribution in [3.8, 4) is 0 Å². The van der Waals surface area contributed by atoms with Gasteiger partial charge in [-0.15, -0.1) is 0 Å². The van der Waals surface area contributed by atoms with E-state index >= 15 is 13.2 Å². The fourth-order valence-electron chi connectivity index (χ4n) is 10.0. The molecule has 2 aliphatic heterocycles. The molecule has 2 aromatic heterocycles. The molecule has 1 saturated heterocycles. The minimum atomic E-state index is -3.11. The van der Waals surface area contributed by atoms with Gasteiger partial charge in [-0.05, 0) is 33.1 Å². The van der Waals surface area contributed by atoms with Gasteiger partial charge in [0.15, 0.2) is 29.5 Å². The molecule has 0 aliphatic carbocycles. The molecular weight excluding hydrogens is 843 g/mol. The molecule has 2 N–H and O–H groups in total. The molecule has 2 amide bonds. The van der Waals surface area contributed by atoms with E-state index in [4.69, 9.17) is 18.6 Å². The van der Waals surface area contributed by atoms with Crippen molar-refractivity contribution in [1.82, 2.24) is 14.9 Å². The van der Waals surface area contributed by atoms with Crippen LogP contribution in [0.2, 0.25) is 5.04 Å². The molecule has 1 fully saturated rings. The SMILES string of the molecule is CO[C@H]1C[C@@H](CO[Si](c2ccccc2)(c2ccccc2)C(C)(C)C)O[C@@H](n2c3cc(F)c(F)cc3c3c4c(c5c6cc(F)c(F)cc6[nH]c5c32)C(=O)NC4=O)[C@@H]1OCc1ccccc1. The average molecular weight is 886 g/mol. The maximum atomic E-state index is 15.8. The number of carbonyl (C=O) groups is 2. The molecule has 4 heterocycles. The van der Waals surface area contributed by atoms with Gasteiger partial charge in [-0.3, -0.25) is 14.9 Å². The molecular formula is C50H43F4N3O6Si. The van der Waals surface area contributed by atoms with Crippen molar-refractivity contribution in [3.63, 3.8) is 0 Å². The Bertz CT molecular complexity index is 3100. The number of carbonyl (C=O) groups excluding carboxylic acids is 2. The van der Waals surface area contributed by atoms with Gasteiger partial charge in [0.05, 0.1) is 53.1 Å². The first kappa shape index (κ1) is 41.8. The highest BCUT2D eigenvalue weighted by Gasteiger charge is 2.52. The molecule has 4 atom stereocenters. The number of benzene rings is 6. The highest BCUT2D eigenvalue weighted by Crippen LogP contribution is 2.48. The standard InChI is InChI=1S/C50H43F4N3O6Si/c1-50(2,3)64(29-16-10-6-11-17-29,30-18-12-7-13-19-30)62-26-28-20-39(60-4)46(61-25-27-14-8-5-9-15-27)49(63-28)57-38-24-36(54)34(52)22-32(38)41-43-42(47(58)56-48(43)59)40-31-21-33(51)35(53)23-37(31)55-44(40)45(41)57/h5-19,21-24,28,39,46,49,55H,20,25-26H2,1-4H3,(H,56,58,59)/t28-,39-,46+,49+/m0/s1. The fourth-order valence-corrected chi connectivity index (χ4v) is 14.6. The summed E-state index contributed by atoms with van der Waals surface area (Å²) in [6.07, 6.45) is -3.18. The third-order valence-electron chi connectivity index (χ3n) is 12.8. The van der Waals surface area contributed by atoms with Crippen molar-refractivity contribution < 1.29 is 45.8 Å². The van der Waals surface area contributed by atoms with Crippen LogP contribution in [-0.4, -0.2) is 61.7 Å². The second kappa shape index (κ2) is 15.8. The van der Waals surface area contributed by atoms with Crippen LogP contribution in [0.1, 0.15) is 59.7 Å². The fraction of sp³-hybridized carbons (Fsp3) is 0.240. The van der Waals surface area contributed by atoms with Crippen LogP contribution in [0.3, 0.4) is 0 Å². The first-order valence-corrected chi connectivity index (χ1v) is 22.9. The zero-order chi connectivity index (χ0) is 44.7. The lowest BCUT2D eigenvalue weighted by Crippen LogP contribution is -2.67. The molecule has 0 saturated carbocycles. The van der Waals surface area contributed by atoms with Gasteiger partial charge in [0.1, 0.15) is 6.10 Å². The van der Waals surface area contributed by atoms with Crippen LogP contribution in [0, 0.1) is 23.3 Å². The topological polar surface area (TPSA) is 104 Å². The quantitative estimate of drug-likeness (QED) is 0.0807. The predicted molar refractivity (Wildman–Crippen MR) is 238 cm³/mol. The van der Waals surface area contributed by atoms with E-state index in [0.29, 0.717) is 6.42 Å². The summed E-state index contributed by atoms with van der Waals surface area (Å²) in [5, 5.41) is 4.53. The minimum Gasteiger partial charge on any atom is -0.405 e. The lowest BCUT2D eigenvalue weighted by Gasteiger charge is -2.46. The Hall–Kier alpha value is -6.16. The summed E-state index contributed by atoms with van der Waals surface area (Å²) < 4.78 is 90.5. The number of hydrogen-bond acceptors (Lipinski definition) is 6. The van der Waals surface area contributed by atoms with Gasteiger partial charge in [0.2, 0.25) is 0 Å². The number of aromatic nitrogens is 2. The van der Waals surface area contributed by atoms with Crippen LogP contribution in [0.25, 0.3) is 43.6 Å². The summed E-state index contributed by atoms with van der Waals surface area (Å²) in [5.41, 5.74) is 1.21. The van der Waals surface area contributed by atoms with Gasteiger partial charge in [-0.1, -0.05) is 112 Å². The number of rotatable bonds is 10. The number of nitrogens with zero attached hydrogens (tertiary/aromatic N) is 1. The zero-order valence-corrected chi connectivity index (χ0v) is 36.3. The van der Waals surface area contributed by atoms with Crippen LogP contribution in [-0.2, 0) is 25.2 Å². The lowest BCUT2D eigenvalue weighted by atomic mass is 9.96. The maximum absolute atomic E-state index is 15.8. The number of ether oxygens (including phenoxy) is 3. The number of nitrogens with one attached hydrogen (secondary N) is 2. The van der Waals surface area contributed by atoms with Gasteiger partial charge < -0.3 is 28.2 Å². The Balaban J connectivity index is 1.21. The largest absolute Gasteiger partial charge is 0.405 e. The molecule has 9 nitrogen and oxygen atoms in total. The van der Waals surface area contributed by atoms with Crippen molar-refractivity contribution in [3.05, 3.63) is 155 Å². The number of amides is 2. The van der Waals surface area contributed by atoms with Crippen molar-refractivity contribution in [1.29, 1.82) is 0 Å². The van der Waals surface area contributed by atoms with E-state index < -0.39 is 67.9 Å². The Labute approximate surface area is 366 Å². The zero-order valence-electron chi connectivity index (χ0n) is 35.3. The van der Waals surface area contributed by atoms with Crippen LogP contribution in [0.4, 0.5) is 17.6 Å². The van der Waals surface area contributed by atoms with E-state index in [-0.39, 0.29) is 73.0 Å². The molecule has 0 bridgehead atoms. The smallest absolute Gasteiger partial charge is 0.261 e. The number of imide groups is 1. The van der Waals surface area contributed by atoms with Crippen LogP contribution in [0.15, 0.2) is 115 Å². The molecule has 14 heteroatoms. The van der Waals surface area contributed by atoms with Gasteiger partial charge >= 0.3 is 0 Å². The van der Waals surface area contributed by atoms with Crippen LogP contribution in [0.5, 0.6) is 0 Å². The van der Waals surface area contributed by atoms with Gasteiger partial charge in [0.25, 0.3) is 20.1 Å². The molecule has 10 rings (SSSR count). The minimum absolute atomic E-state index is 0.0851. The summed E-state index contributed by atoms with van der Waals surface area (Å²) in [6.45, 7) is 6.71. The molecule has 64 heavy (non-hydrogen) atoms. The van der Waals surface area contributed by atoms with E-state index in [0.717, 1.165) is 40.2 Å². The number of aromatic amines is 1. The van der Waals surface area contributed by atoms with Gasteiger partial charge in [-0.25, -0.2) is 17.6 Å². The van der Waals surface area contributed by atoms with Gasteiger partial charge in [-0.2, -0.15) is 0 Å². The average Bonchev–Trinajstić information content (AvgIpc) is 3.91. The second-order valence-electron chi connectivity index (χ2n) is 17.5. The maximum Gasteiger partial charge on any atom is 0.261 e. The summed E-state index contributed by atoms with van der Waals surface area (Å²) in [5.74, 6) is -6.27. The highest BCUT2D eigenvalue weighted by atomic mass is 28.4. The van der Waals surface area contributed by atoms with Crippen LogP contribution < -0.4 is 15.7 Å². The molecule has 6 aromatic carbocycles. The normalized spacial score (nSPS) is 19.3. The summed E-state index contributed by atoms with van der Waals surface area (Å²) in [7, 11) is -1.55. The Morgan fingerprint density at radius 1 is 0.750 bits per heavy atom. The number of hydrogen-bond donors (Lipinski definition) is 2. The van der Waals surface area contributed by atoms with Crippen molar-refractivity contribution >= 4 is 74.1 Å². The third kappa shape index (κ3) is 6.57. The molecule has 0 spiro atoms. The Kier molecular flexibility index (Phi) is 10.3. The van der Waals surface area contributed by atoms with Crippen LogP contribution >= 0.6 is 0 Å². The van der Waals surface area contributed by atoms with Crippen molar-refractivity contribution in [2.24, 2.45) is 0 Å². The lowest BCUT2D eigenvalue weighted by molar-refractivity contribution is -0.226.